The second-order valence-electron chi connectivity index (χ2n) is 6.77. The van der Waals surface area contributed by atoms with E-state index in [2.05, 4.69) is 58.8 Å². The van der Waals surface area contributed by atoms with Crippen molar-refractivity contribution in [3.63, 3.8) is 0 Å². The summed E-state index contributed by atoms with van der Waals surface area (Å²) in [6, 6.07) is 2.13. The van der Waals surface area contributed by atoms with Gasteiger partial charge in [0.05, 0.1) is 12.2 Å². The van der Waals surface area contributed by atoms with Crippen LogP contribution >= 0.6 is 0 Å². The Morgan fingerprint density at radius 3 is 2.75 bits per heavy atom. The number of hydrogen-bond donors (Lipinski definition) is 0. The van der Waals surface area contributed by atoms with Crippen molar-refractivity contribution in [2.24, 2.45) is 0 Å². The van der Waals surface area contributed by atoms with Crippen molar-refractivity contribution in [3.8, 4) is 0 Å². The van der Waals surface area contributed by atoms with Crippen LogP contribution in [0.2, 0.25) is 0 Å². The SMILES string of the molecule is CCCc1cc(N(C)CCN2C[C@@H](C)O[C@@H](C)C2)n2ncnc2n1. The van der Waals surface area contributed by atoms with Gasteiger partial charge in [-0.2, -0.15) is 14.6 Å². The third-order valence-corrected chi connectivity index (χ3v) is 4.43. The van der Waals surface area contributed by atoms with E-state index in [0.717, 1.165) is 50.5 Å². The number of nitrogens with zero attached hydrogens (tertiary/aromatic N) is 6. The Balaban J connectivity index is 1.71. The summed E-state index contributed by atoms with van der Waals surface area (Å²) in [4.78, 5) is 13.6. The minimum absolute atomic E-state index is 0.304. The Morgan fingerprint density at radius 2 is 2.04 bits per heavy atom. The summed E-state index contributed by atoms with van der Waals surface area (Å²) in [7, 11) is 2.11. The van der Waals surface area contributed by atoms with Crippen molar-refractivity contribution in [2.75, 3.05) is 38.1 Å². The Bertz CT molecular complexity index is 662. The minimum Gasteiger partial charge on any atom is -0.373 e. The second kappa shape index (κ2) is 7.44. The number of likely N-dealkylation sites (N-methyl/N-ethyl adjacent to an activating group) is 1. The first-order valence-electron chi connectivity index (χ1n) is 8.85. The molecule has 3 rings (SSSR count). The van der Waals surface area contributed by atoms with Crippen molar-refractivity contribution >= 4 is 11.6 Å². The molecule has 0 aliphatic carbocycles. The zero-order valence-electron chi connectivity index (χ0n) is 15.1. The summed E-state index contributed by atoms with van der Waals surface area (Å²) >= 11 is 0. The van der Waals surface area contributed by atoms with Gasteiger partial charge in [0.1, 0.15) is 12.1 Å². The number of anilines is 1. The molecule has 1 aliphatic heterocycles. The summed E-state index contributed by atoms with van der Waals surface area (Å²) < 4.78 is 7.63. The van der Waals surface area contributed by atoms with Crippen molar-refractivity contribution in [2.45, 2.75) is 45.8 Å². The molecule has 0 unspecified atom stereocenters. The lowest BCUT2D eigenvalue weighted by Crippen LogP contribution is -2.47. The highest BCUT2D eigenvalue weighted by Crippen LogP contribution is 2.17. The number of aromatic nitrogens is 4. The molecule has 0 radical (unpaired) electrons. The molecular weight excluding hydrogens is 304 g/mol. The fraction of sp³-hybridized carbons (Fsp3) is 0.706. The molecule has 7 nitrogen and oxygen atoms in total. The fourth-order valence-corrected chi connectivity index (χ4v) is 3.37. The Morgan fingerprint density at radius 1 is 1.29 bits per heavy atom. The standard InChI is InChI=1S/C17H28N6O/c1-5-6-15-9-16(23-17(20-15)18-12-19-23)21(4)7-8-22-10-13(2)24-14(3)11-22/h9,12-14H,5-8,10-11H2,1-4H3/t13-,14+. The largest absolute Gasteiger partial charge is 0.373 e. The average Bonchev–Trinajstić information content (AvgIpc) is 2.99. The number of hydrogen-bond acceptors (Lipinski definition) is 6. The smallest absolute Gasteiger partial charge is 0.254 e. The van der Waals surface area contributed by atoms with E-state index >= 15 is 0 Å². The van der Waals surface area contributed by atoms with Gasteiger partial charge in [-0.1, -0.05) is 13.3 Å². The highest BCUT2D eigenvalue weighted by Gasteiger charge is 2.22. The van der Waals surface area contributed by atoms with Gasteiger partial charge in [-0.05, 0) is 20.3 Å². The van der Waals surface area contributed by atoms with Crippen LogP contribution in [0.5, 0.6) is 0 Å². The van der Waals surface area contributed by atoms with Crippen LogP contribution < -0.4 is 4.90 Å². The van der Waals surface area contributed by atoms with Gasteiger partial charge in [-0.3, -0.25) is 4.90 Å². The summed E-state index contributed by atoms with van der Waals surface area (Å²) in [5.41, 5.74) is 1.08. The van der Waals surface area contributed by atoms with E-state index in [-0.39, 0.29) is 0 Å². The van der Waals surface area contributed by atoms with E-state index < -0.39 is 0 Å². The number of morpholine rings is 1. The molecule has 2 atom stereocenters. The number of aryl methyl sites for hydroxylation is 1. The van der Waals surface area contributed by atoms with Crippen molar-refractivity contribution < 1.29 is 4.74 Å². The van der Waals surface area contributed by atoms with Gasteiger partial charge in [0, 0.05) is 45.0 Å². The summed E-state index contributed by atoms with van der Waals surface area (Å²) in [5.74, 6) is 1.73. The average molecular weight is 332 g/mol. The maximum absolute atomic E-state index is 5.81. The molecule has 2 aromatic rings. The highest BCUT2D eigenvalue weighted by molar-refractivity contribution is 5.46. The molecule has 24 heavy (non-hydrogen) atoms. The maximum atomic E-state index is 5.81. The van der Waals surface area contributed by atoms with Gasteiger partial charge < -0.3 is 9.64 Å². The lowest BCUT2D eigenvalue weighted by atomic mass is 10.2. The first-order chi connectivity index (χ1) is 11.6. The third kappa shape index (κ3) is 3.84. The van der Waals surface area contributed by atoms with E-state index in [1.165, 1.54) is 0 Å². The van der Waals surface area contributed by atoms with Crippen molar-refractivity contribution in [1.29, 1.82) is 0 Å². The van der Waals surface area contributed by atoms with Crippen LogP contribution in [0.25, 0.3) is 5.78 Å². The number of ether oxygens (including phenoxy) is 1. The summed E-state index contributed by atoms with van der Waals surface area (Å²) in [6.07, 6.45) is 4.21. The van der Waals surface area contributed by atoms with Crippen molar-refractivity contribution in [3.05, 3.63) is 18.1 Å². The predicted octanol–water partition coefficient (Wildman–Crippen LogP) is 1.62. The third-order valence-electron chi connectivity index (χ3n) is 4.43. The zero-order chi connectivity index (χ0) is 17.1. The van der Waals surface area contributed by atoms with Crippen LogP contribution in [-0.2, 0) is 11.2 Å². The molecule has 0 spiro atoms. The van der Waals surface area contributed by atoms with Gasteiger partial charge in [0.25, 0.3) is 5.78 Å². The first kappa shape index (κ1) is 17.1. The van der Waals surface area contributed by atoms with Gasteiger partial charge in [-0.15, -0.1) is 0 Å². The molecule has 0 aromatic carbocycles. The molecular formula is C17H28N6O. The minimum atomic E-state index is 0.304. The molecule has 132 valence electrons. The molecule has 0 bridgehead atoms. The molecule has 7 heteroatoms. The topological polar surface area (TPSA) is 58.8 Å². The lowest BCUT2D eigenvalue weighted by molar-refractivity contribution is -0.0670. The zero-order valence-corrected chi connectivity index (χ0v) is 15.1. The van der Waals surface area contributed by atoms with Gasteiger partial charge in [-0.25, -0.2) is 4.98 Å². The normalized spacial score (nSPS) is 22.2. The summed E-state index contributed by atoms with van der Waals surface area (Å²) in [5, 5.41) is 4.33. The molecule has 0 N–H and O–H groups in total. The van der Waals surface area contributed by atoms with E-state index in [4.69, 9.17) is 4.74 Å². The van der Waals surface area contributed by atoms with Gasteiger partial charge >= 0.3 is 0 Å². The molecule has 1 aliphatic rings. The van der Waals surface area contributed by atoms with Crippen molar-refractivity contribution in [1.82, 2.24) is 24.5 Å². The number of fused-ring (bicyclic) bond motifs is 1. The molecule has 0 amide bonds. The van der Waals surface area contributed by atoms with E-state index in [9.17, 15) is 0 Å². The lowest BCUT2D eigenvalue weighted by Gasteiger charge is -2.36. The van der Waals surface area contributed by atoms with Gasteiger partial charge in [0.2, 0.25) is 0 Å². The van der Waals surface area contributed by atoms with E-state index in [1.54, 1.807) is 6.33 Å². The summed E-state index contributed by atoms with van der Waals surface area (Å²) in [6.45, 7) is 10.4. The Labute approximate surface area is 143 Å². The predicted molar refractivity (Wildman–Crippen MR) is 94.5 cm³/mol. The molecule has 2 aromatic heterocycles. The number of rotatable bonds is 6. The molecule has 1 saturated heterocycles. The van der Waals surface area contributed by atoms with Crippen LogP contribution in [0.15, 0.2) is 12.4 Å². The van der Waals surface area contributed by atoms with E-state index in [0.29, 0.717) is 18.0 Å². The monoisotopic (exact) mass is 332 g/mol. The van der Waals surface area contributed by atoms with E-state index in [1.807, 2.05) is 4.52 Å². The molecule has 0 saturated carbocycles. The molecule has 1 fully saturated rings. The van der Waals surface area contributed by atoms with Crippen LogP contribution in [0.3, 0.4) is 0 Å². The van der Waals surface area contributed by atoms with Crippen LogP contribution in [0.1, 0.15) is 32.9 Å². The fourth-order valence-electron chi connectivity index (χ4n) is 3.37. The van der Waals surface area contributed by atoms with Crippen LogP contribution in [-0.4, -0.2) is 69.9 Å². The maximum Gasteiger partial charge on any atom is 0.254 e. The first-order valence-corrected chi connectivity index (χ1v) is 8.85. The quantitative estimate of drug-likeness (QED) is 0.801. The van der Waals surface area contributed by atoms with Crippen LogP contribution in [0, 0.1) is 0 Å². The van der Waals surface area contributed by atoms with Crippen LogP contribution in [0.4, 0.5) is 5.82 Å². The highest BCUT2D eigenvalue weighted by atomic mass is 16.5. The Kier molecular flexibility index (Phi) is 5.30. The Hall–Kier alpha value is -1.73. The second-order valence-corrected chi connectivity index (χ2v) is 6.77. The van der Waals surface area contributed by atoms with Gasteiger partial charge in [0.15, 0.2) is 0 Å². The molecule has 3 heterocycles.